The summed E-state index contributed by atoms with van der Waals surface area (Å²) in [4.78, 5) is 12.5. The van der Waals surface area contributed by atoms with Gasteiger partial charge in [0.15, 0.2) is 11.5 Å². The van der Waals surface area contributed by atoms with E-state index in [4.69, 9.17) is 9.47 Å². The molecule has 0 saturated carbocycles. The number of anilines is 1. The van der Waals surface area contributed by atoms with Crippen molar-refractivity contribution in [2.24, 2.45) is 0 Å². The van der Waals surface area contributed by atoms with Crippen molar-refractivity contribution in [2.75, 3.05) is 19.0 Å². The van der Waals surface area contributed by atoms with Gasteiger partial charge in [0.2, 0.25) is 0 Å². The smallest absolute Gasteiger partial charge is 0.266 e. The number of methoxy groups -OCH3 is 1. The van der Waals surface area contributed by atoms with E-state index >= 15 is 0 Å². The third kappa shape index (κ3) is 5.48. The van der Waals surface area contributed by atoms with Gasteiger partial charge >= 0.3 is 0 Å². The van der Waals surface area contributed by atoms with Crippen molar-refractivity contribution in [2.45, 2.75) is 13.3 Å². The normalized spacial score (nSPS) is 10.7. The number of hydrogen-bond acceptors (Lipinski definition) is 4. The average Bonchev–Trinajstić information content (AvgIpc) is 2.66. The zero-order valence-corrected chi connectivity index (χ0v) is 17.4. The van der Waals surface area contributed by atoms with Gasteiger partial charge in [0, 0.05) is 15.7 Å². The molecule has 0 aliphatic carbocycles. The third-order valence-electron chi connectivity index (χ3n) is 3.78. The topological polar surface area (TPSA) is 71.4 Å². The number of ether oxygens (including phenoxy) is 2. The van der Waals surface area contributed by atoms with Crippen molar-refractivity contribution >= 4 is 33.6 Å². The maximum Gasteiger partial charge on any atom is 0.266 e. The first kappa shape index (κ1) is 21.3. The van der Waals surface area contributed by atoms with Crippen LogP contribution in [0.25, 0.3) is 6.08 Å². The summed E-state index contributed by atoms with van der Waals surface area (Å²) >= 11 is 3.35. The van der Waals surface area contributed by atoms with Crippen molar-refractivity contribution < 1.29 is 14.3 Å². The van der Waals surface area contributed by atoms with Gasteiger partial charge in [0.25, 0.3) is 5.91 Å². The molecule has 0 atom stereocenters. The second kappa shape index (κ2) is 10.3. The van der Waals surface area contributed by atoms with Crippen LogP contribution in [0.15, 0.2) is 59.1 Å². The molecule has 0 radical (unpaired) electrons. The zero-order valence-electron chi connectivity index (χ0n) is 15.8. The van der Waals surface area contributed by atoms with Crippen LogP contribution in [0.1, 0.15) is 18.1 Å². The number of nitriles is 1. The summed E-state index contributed by atoms with van der Waals surface area (Å²) in [6.45, 7) is 6.10. The van der Waals surface area contributed by atoms with Gasteiger partial charge in [-0.3, -0.25) is 4.79 Å². The summed E-state index contributed by atoms with van der Waals surface area (Å²) in [6, 6.07) is 12.7. The molecule has 0 fully saturated rings. The molecule has 2 aromatic carbocycles. The fourth-order valence-corrected chi connectivity index (χ4v) is 3.05. The molecule has 0 saturated heterocycles. The van der Waals surface area contributed by atoms with Gasteiger partial charge in [0.1, 0.15) is 11.6 Å². The molecule has 0 aliphatic heterocycles. The van der Waals surface area contributed by atoms with Crippen LogP contribution in [-0.4, -0.2) is 19.6 Å². The van der Waals surface area contributed by atoms with Crippen LogP contribution in [0, 0.1) is 11.3 Å². The minimum atomic E-state index is -0.486. The molecule has 0 unspecified atom stereocenters. The lowest BCUT2D eigenvalue weighted by atomic mass is 10.0. The molecule has 0 bridgehead atoms. The SMILES string of the molecule is C=CCc1cc(/C=C(/C#N)C(=O)Nc2cccc(Br)c2)cc(OCC)c1OC. The average molecular weight is 441 g/mol. The van der Waals surface area contributed by atoms with E-state index in [0.29, 0.717) is 35.8 Å². The summed E-state index contributed by atoms with van der Waals surface area (Å²) in [6.07, 6.45) is 3.85. The van der Waals surface area contributed by atoms with E-state index in [0.717, 1.165) is 10.0 Å². The summed E-state index contributed by atoms with van der Waals surface area (Å²) in [5.74, 6) is 0.691. The lowest BCUT2D eigenvalue weighted by molar-refractivity contribution is -0.112. The lowest BCUT2D eigenvalue weighted by Gasteiger charge is -2.14. The van der Waals surface area contributed by atoms with E-state index in [1.807, 2.05) is 25.1 Å². The Morgan fingerprint density at radius 1 is 1.36 bits per heavy atom. The minimum absolute atomic E-state index is 0.0165. The molecule has 28 heavy (non-hydrogen) atoms. The second-order valence-corrected chi connectivity index (χ2v) is 6.69. The number of carbonyl (C=O) groups excluding carboxylic acids is 1. The first-order valence-corrected chi connectivity index (χ1v) is 9.45. The molecule has 2 aromatic rings. The highest BCUT2D eigenvalue weighted by molar-refractivity contribution is 9.10. The summed E-state index contributed by atoms with van der Waals surface area (Å²) in [5.41, 5.74) is 2.11. The Labute approximate surface area is 173 Å². The van der Waals surface area contributed by atoms with Crippen LogP contribution in [0.2, 0.25) is 0 Å². The number of nitrogens with zero attached hydrogens (tertiary/aromatic N) is 1. The van der Waals surface area contributed by atoms with E-state index in [1.165, 1.54) is 6.08 Å². The maximum absolute atomic E-state index is 12.5. The largest absolute Gasteiger partial charge is 0.493 e. The Morgan fingerprint density at radius 2 is 2.14 bits per heavy atom. The van der Waals surface area contributed by atoms with Crippen molar-refractivity contribution in [3.63, 3.8) is 0 Å². The molecule has 6 heteroatoms. The first-order chi connectivity index (χ1) is 13.5. The number of rotatable bonds is 8. The van der Waals surface area contributed by atoms with E-state index in [9.17, 15) is 10.1 Å². The van der Waals surface area contributed by atoms with Crippen LogP contribution in [-0.2, 0) is 11.2 Å². The highest BCUT2D eigenvalue weighted by Gasteiger charge is 2.14. The molecule has 5 nitrogen and oxygen atoms in total. The third-order valence-corrected chi connectivity index (χ3v) is 4.27. The molecule has 0 heterocycles. The van der Waals surface area contributed by atoms with Crippen LogP contribution < -0.4 is 14.8 Å². The first-order valence-electron chi connectivity index (χ1n) is 8.65. The number of halogens is 1. The van der Waals surface area contributed by atoms with Crippen molar-refractivity contribution in [3.8, 4) is 17.6 Å². The Balaban J connectivity index is 2.40. The lowest BCUT2D eigenvalue weighted by Crippen LogP contribution is -2.13. The summed E-state index contributed by atoms with van der Waals surface area (Å²) < 4.78 is 12.0. The van der Waals surface area contributed by atoms with E-state index in [-0.39, 0.29) is 5.57 Å². The number of nitrogens with one attached hydrogen (secondary N) is 1. The predicted molar refractivity (Wildman–Crippen MR) is 114 cm³/mol. The summed E-state index contributed by atoms with van der Waals surface area (Å²) in [5, 5.41) is 12.2. The number of benzene rings is 2. The van der Waals surface area contributed by atoms with Gasteiger partial charge in [-0.25, -0.2) is 0 Å². The number of carbonyl (C=O) groups is 1. The number of allylic oxidation sites excluding steroid dienone is 1. The van der Waals surface area contributed by atoms with Crippen LogP contribution >= 0.6 is 15.9 Å². The monoisotopic (exact) mass is 440 g/mol. The fourth-order valence-electron chi connectivity index (χ4n) is 2.65. The highest BCUT2D eigenvalue weighted by atomic mass is 79.9. The van der Waals surface area contributed by atoms with Gasteiger partial charge in [0.05, 0.1) is 13.7 Å². The van der Waals surface area contributed by atoms with Crippen LogP contribution in [0.4, 0.5) is 5.69 Å². The van der Waals surface area contributed by atoms with E-state index in [1.54, 1.807) is 37.5 Å². The van der Waals surface area contributed by atoms with Gasteiger partial charge in [-0.15, -0.1) is 6.58 Å². The van der Waals surface area contributed by atoms with Gasteiger partial charge < -0.3 is 14.8 Å². The Bertz CT molecular complexity index is 945. The fraction of sp³-hybridized carbons (Fsp3) is 0.182. The highest BCUT2D eigenvalue weighted by Crippen LogP contribution is 2.34. The van der Waals surface area contributed by atoms with Crippen molar-refractivity contribution in [1.29, 1.82) is 5.26 Å². The van der Waals surface area contributed by atoms with Crippen molar-refractivity contribution in [1.82, 2.24) is 0 Å². The quantitative estimate of drug-likeness (QED) is 0.350. The molecule has 0 aliphatic rings. The number of hydrogen-bond donors (Lipinski definition) is 1. The van der Waals surface area contributed by atoms with Gasteiger partial charge in [-0.1, -0.05) is 28.1 Å². The summed E-state index contributed by atoms with van der Waals surface area (Å²) in [7, 11) is 1.58. The molecule has 1 N–H and O–H groups in total. The van der Waals surface area contributed by atoms with E-state index < -0.39 is 5.91 Å². The maximum atomic E-state index is 12.5. The molecular weight excluding hydrogens is 420 g/mol. The minimum Gasteiger partial charge on any atom is -0.493 e. The number of amides is 1. The van der Waals surface area contributed by atoms with Crippen molar-refractivity contribution in [3.05, 3.63) is 70.2 Å². The standard InChI is InChI=1S/C22H21BrN2O3/c1-4-7-16-10-15(12-20(28-5-2)21(16)27-3)11-17(14-24)22(26)25-19-9-6-8-18(23)13-19/h4,6,8-13H,1,5,7H2,2-3H3,(H,25,26)/b17-11-. The zero-order chi connectivity index (χ0) is 20.5. The molecule has 2 rings (SSSR count). The Hall–Kier alpha value is -3.04. The molecule has 0 aromatic heterocycles. The van der Waals surface area contributed by atoms with Gasteiger partial charge in [-0.05, 0) is 55.3 Å². The van der Waals surface area contributed by atoms with E-state index in [2.05, 4.69) is 27.8 Å². The van der Waals surface area contributed by atoms with Crippen LogP contribution in [0.5, 0.6) is 11.5 Å². The van der Waals surface area contributed by atoms with Crippen LogP contribution in [0.3, 0.4) is 0 Å². The molecule has 1 amide bonds. The molecule has 144 valence electrons. The predicted octanol–water partition coefficient (Wildman–Crippen LogP) is 5.13. The second-order valence-electron chi connectivity index (χ2n) is 5.77. The van der Waals surface area contributed by atoms with Gasteiger partial charge in [-0.2, -0.15) is 5.26 Å². The Kier molecular flexibility index (Phi) is 7.85. The molecule has 0 spiro atoms. The Morgan fingerprint density at radius 3 is 2.75 bits per heavy atom. The molecular formula is C22H21BrN2O3.